The fourth-order valence-corrected chi connectivity index (χ4v) is 5.46. The number of carbonyl (C=O) groups excluding carboxylic acids is 3. The normalized spacial score (nSPS) is 15.0. The van der Waals surface area contributed by atoms with E-state index in [1.165, 1.54) is 28.7 Å². The number of nitrogens with zero attached hydrogens (tertiary/aromatic N) is 4. The molecule has 12 heteroatoms. The van der Waals surface area contributed by atoms with Crippen molar-refractivity contribution < 1.29 is 28.2 Å². The Morgan fingerprint density at radius 1 is 0.978 bits per heavy atom. The zero-order valence-electron chi connectivity index (χ0n) is 24.5. The first kappa shape index (κ1) is 29.9. The molecule has 6 rings (SSSR count). The minimum Gasteiger partial charge on any atom is -0.481 e. The van der Waals surface area contributed by atoms with Gasteiger partial charge >= 0.3 is 5.56 Å². The molecule has 11 nitrogen and oxygen atoms in total. The Labute approximate surface area is 258 Å². The van der Waals surface area contributed by atoms with Gasteiger partial charge in [-0.2, -0.15) is 0 Å². The van der Waals surface area contributed by atoms with Crippen LogP contribution in [0, 0.1) is 5.82 Å². The third-order valence-corrected chi connectivity index (χ3v) is 7.79. The quantitative estimate of drug-likeness (QED) is 0.290. The third kappa shape index (κ3) is 6.70. The lowest BCUT2D eigenvalue weighted by molar-refractivity contribution is -0.118. The van der Waals surface area contributed by atoms with E-state index in [2.05, 4.69) is 15.2 Å². The van der Waals surface area contributed by atoms with Gasteiger partial charge in [-0.25, -0.2) is 9.37 Å². The second-order valence-corrected chi connectivity index (χ2v) is 10.9. The first-order valence-corrected chi connectivity index (χ1v) is 14.8. The van der Waals surface area contributed by atoms with Crippen molar-refractivity contribution >= 4 is 34.6 Å². The molecule has 2 aromatic carbocycles. The van der Waals surface area contributed by atoms with E-state index in [-0.39, 0.29) is 48.4 Å². The van der Waals surface area contributed by atoms with E-state index in [0.29, 0.717) is 62.6 Å². The molecule has 2 fully saturated rings. The molecular weight excluding hydrogens is 581 g/mol. The van der Waals surface area contributed by atoms with Crippen molar-refractivity contribution in [2.75, 3.05) is 49.2 Å². The van der Waals surface area contributed by atoms with E-state index >= 15 is 0 Å². The number of hydrogen-bond donors (Lipinski definition) is 1. The molecule has 45 heavy (non-hydrogen) atoms. The van der Waals surface area contributed by atoms with Crippen LogP contribution in [0.5, 0.6) is 5.75 Å². The van der Waals surface area contributed by atoms with Crippen LogP contribution in [0.1, 0.15) is 34.5 Å². The molecule has 4 heterocycles. The third-order valence-electron chi connectivity index (χ3n) is 7.79. The number of anilines is 2. The highest BCUT2D eigenvalue weighted by Crippen LogP contribution is 2.31. The molecule has 0 saturated carbocycles. The predicted octanol–water partition coefficient (Wildman–Crippen LogP) is 2.92. The molecule has 2 aromatic heterocycles. The zero-order valence-corrected chi connectivity index (χ0v) is 24.5. The van der Waals surface area contributed by atoms with Gasteiger partial charge < -0.3 is 24.6 Å². The minimum atomic E-state index is -0.777. The molecule has 232 valence electrons. The number of nitrogens with one attached hydrogen (secondary N) is 1. The molecule has 0 bridgehead atoms. The fourth-order valence-electron chi connectivity index (χ4n) is 5.46. The predicted molar refractivity (Wildman–Crippen MR) is 164 cm³/mol. The molecule has 2 aliphatic heterocycles. The molecular formula is C33H32FN5O6. The first-order chi connectivity index (χ1) is 21.9. The number of amides is 2. The number of hydrogen-bond acceptors (Lipinski definition) is 8. The Morgan fingerprint density at radius 3 is 2.44 bits per heavy atom. The summed E-state index contributed by atoms with van der Waals surface area (Å²) in [5, 5.41) is 2.57. The van der Waals surface area contributed by atoms with E-state index in [1.807, 2.05) is 36.4 Å². The maximum Gasteiger partial charge on any atom is 0.301 e. The number of ether oxygens (including phenoxy) is 2. The molecule has 0 radical (unpaired) electrons. The molecule has 0 spiro atoms. The van der Waals surface area contributed by atoms with Gasteiger partial charge in [0, 0.05) is 38.7 Å². The average molecular weight is 614 g/mol. The van der Waals surface area contributed by atoms with Crippen molar-refractivity contribution in [2.45, 2.75) is 25.9 Å². The van der Waals surface area contributed by atoms with Gasteiger partial charge in [0.05, 0.1) is 31.1 Å². The van der Waals surface area contributed by atoms with Crippen molar-refractivity contribution in [3.63, 3.8) is 0 Å². The topological polar surface area (TPSA) is 123 Å². The number of rotatable bonds is 10. The van der Waals surface area contributed by atoms with E-state index in [0.717, 1.165) is 5.56 Å². The lowest BCUT2D eigenvalue weighted by Gasteiger charge is -2.30. The zero-order chi connectivity index (χ0) is 31.3. The van der Waals surface area contributed by atoms with E-state index in [4.69, 9.17) is 9.47 Å². The smallest absolute Gasteiger partial charge is 0.301 e. The molecule has 2 saturated heterocycles. The highest BCUT2D eigenvalue weighted by atomic mass is 19.1. The molecule has 2 amide bonds. The summed E-state index contributed by atoms with van der Waals surface area (Å²) in [4.78, 5) is 61.6. The summed E-state index contributed by atoms with van der Waals surface area (Å²) in [6.07, 6.45) is 2.64. The summed E-state index contributed by atoms with van der Waals surface area (Å²) in [7, 11) is 0. The van der Waals surface area contributed by atoms with Crippen LogP contribution in [0.2, 0.25) is 0 Å². The number of ketones is 1. The average Bonchev–Trinajstić information content (AvgIpc) is 3.50. The fraction of sp³-hybridized carbons (Fsp3) is 0.303. The molecule has 0 unspecified atom stereocenters. The molecule has 0 aliphatic carbocycles. The summed E-state index contributed by atoms with van der Waals surface area (Å²) in [6.45, 7) is 2.34. The van der Waals surface area contributed by atoms with Crippen LogP contribution in [0.25, 0.3) is 5.65 Å². The molecule has 4 aromatic rings. The highest BCUT2D eigenvalue weighted by Gasteiger charge is 2.29. The SMILES string of the molecule is O=C(CNC(=O)c1nc2c(N3CCCC3=O)cc(N3CCOCC3)cn2c(=O)c1OCc1ccccc1)Cc1ccc(F)cc1. The Hall–Kier alpha value is -5.10. The van der Waals surface area contributed by atoms with Gasteiger partial charge in [-0.3, -0.25) is 23.6 Å². The van der Waals surface area contributed by atoms with Gasteiger partial charge in [0.15, 0.2) is 17.1 Å². The summed E-state index contributed by atoms with van der Waals surface area (Å²) < 4.78 is 26.1. The van der Waals surface area contributed by atoms with Crippen LogP contribution in [-0.4, -0.2) is 66.4 Å². The monoisotopic (exact) mass is 613 g/mol. The van der Waals surface area contributed by atoms with Crippen molar-refractivity contribution in [2.24, 2.45) is 0 Å². The second-order valence-electron chi connectivity index (χ2n) is 10.9. The Balaban J connectivity index is 1.39. The van der Waals surface area contributed by atoms with Crippen LogP contribution in [0.15, 0.2) is 71.7 Å². The van der Waals surface area contributed by atoms with Crippen LogP contribution in [-0.2, 0) is 27.4 Å². The van der Waals surface area contributed by atoms with Gasteiger partial charge in [-0.05, 0) is 35.7 Å². The van der Waals surface area contributed by atoms with Crippen LogP contribution in [0.3, 0.4) is 0 Å². The standard InChI is InChI=1S/C33H32FN5O6/c34-24-10-8-22(9-11-24)17-26(40)19-35-32(42)29-30(45-21-23-5-2-1-3-6-23)33(43)39-20-25(37-13-15-44-16-14-37)18-27(31(39)36-29)38-12-4-7-28(38)41/h1-3,5-6,8-11,18,20H,4,7,12-17,19,21H2,(H,35,42). The van der Waals surface area contributed by atoms with Gasteiger partial charge in [0.25, 0.3) is 5.91 Å². The number of pyridine rings is 1. The van der Waals surface area contributed by atoms with E-state index in [1.54, 1.807) is 11.1 Å². The minimum absolute atomic E-state index is 0.00573. The van der Waals surface area contributed by atoms with Crippen molar-refractivity contribution in [1.82, 2.24) is 14.7 Å². The Kier molecular flexibility index (Phi) is 8.83. The largest absolute Gasteiger partial charge is 0.481 e. The summed E-state index contributed by atoms with van der Waals surface area (Å²) in [6, 6.07) is 16.5. The number of morpholine rings is 1. The Morgan fingerprint density at radius 2 is 1.73 bits per heavy atom. The summed E-state index contributed by atoms with van der Waals surface area (Å²) >= 11 is 0. The Bertz CT molecular complexity index is 1790. The number of Topliss-reactive ketones (excluding diaryl/α,β-unsaturated/α-hetero) is 1. The molecule has 0 atom stereocenters. The highest BCUT2D eigenvalue weighted by molar-refractivity contribution is 6.01. The van der Waals surface area contributed by atoms with Crippen LogP contribution >= 0.6 is 0 Å². The number of benzene rings is 2. The number of carbonyl (C=O) groups is 3. The van der Waals surface area contributed by atoms with Crippen LogP contribution in [0.4, 0.5) is 15.8 Å². The van der Waals surface area contributed by atoms with Gasteiger partial charge in [0.1, 0.15) is 12.4 Å². The number of aromatic nitrogens is 2. The summed E-state index contributed by atoms with van der Waals surface area (Å²) in [5.41, 5.74) is 1.70. The van der Waals surface area contributed by atoms with Crippen LogP contribution < -0.4 is 25.4 Å². The number of fused-ring (bicyclic) bond motifs is 1. The molecule has 1 N–H and O–H groups in total. The van der Waals surface area contributed by atoms with E-state index < -0.39 is 17.3 Å². The van der Waals surface area contributed by atoms with Crippen molar-refractivity contribution in [1.29, 1.82) is 0 Å². The lowest BCUT2D eigenvalue weighted by Crippen LogP contribution is -2.37. The maximum atomic E-state index is 14.1. The maximum absolute atomic E-state index is 14.1. The summed E-state index contributed by atoms with van der Waals surface area (Å²) in [5.74, 6) is -1.90. The van der Waals surface area contributed by atoms with Crippen molar-refractivity contribution in [3.05, 3.63) is 99.9 Å². The van der Waals surface area contributed by atoms with Crippen molar-refractivity contribution in [3.8, 4) is 5.75 Å². The number of halogens is 1. The van der Waals surface area contributed by atoms with Gasteiger partial charge in [-0.15, -0.1) is 0 Å². The second kappa shape index (κ2) is 13.3. The van der Waals surface area contributed by atoms with E-state index in [9.17, 15) is 23.6 Å². The van der Waals surface area contributed by atoms with Gasteiger partial charge in [-0.1, -0.05) is 42.5 Å². The lowest BCUT2D eigenvalue weighted by atomic mass is 10.1. The van der Waals surface area contributed by atoms with Gasteiger partial charge in [0.2, 0.25) is 11.7 Å². The molecule has 2 aliphatic rings. The first-order valence-electron chi connectivity index (χ1n) is 14.8.